The van der Waals surface area contributed by atoms with Crippen LogP contribution in [0.25, 0.3) is 10.2 Å². The van der Waals surface area contributed by atoms with Crippen molar-refractivity contribution in [1.29, 1.82) is 0 Å². The number of rotatable bonds is 5. The zero-order valence-electron chi connectivity index (χ0n) is 17.9. The normalized spacial score (nSPS) is 16.7. The van der Waals surface area contributed by atoms with E-state index in [4.69, 9.17) is 4.98 Å². The molecule has 0 bridgehead atoms. The zero-order chi connectivity index (χ0) is 22.2. The summed E-state index contributed by atoms with van der Waals surface area (Å²) in [6.07, 6.45) is 0. The highest BCUT2D eigenvalue weighted by atomic mass is 32.2. The minimum atomic E-state index is -3.50. The monoisotopic (exact) mass is 458 g/mol. The highest BCUT2D eigenvalue weighted by Gasteiger charge is 2.27. The summed E-state index contributed by atoms with van der Waals surface area (Å²) in [5.41, 5.74) is 1.54. The quantitative estimate of drug-likeness (QED) is 0.588. The Kier molecular flexibility index (Phi) is 6.11. The number of hydrogen-bond donors (Lipinski definition) is 0. The van der Waals surface area contributed by atoms with Gasteiger partial charge < -0.3 is 4.90 Å². The van der Waals surface area contributed by atoms with Crippen LogP contribution in [0.1, 0.15) is 28.3 Å². The fourth-order valence-corrected chi connectivity index (χ4v) is 5.66. The lowest BCUT2D eigenvalue weighted by molar-refractivity contribution is 0.0582. The Morgan fingerprint density at radius 2 is 1.68 bits per heavy atom. The Hall–Kier alpha value is -2.33. The number of nitrogens with zero attached hydrogens (tertiary/aromatic N) is 4. The Morgan fingerprint density at radius 1 is 1.03 bits per heavy atom. The fourth-order valence-electron chi connectivity index (χ4n) is 3.70. The van der Waals surface area contributed by atoms with Gasteiger partial charge in [0.2, 0.25) is 10.0 Å². The smallest absolute Gasteiger partial charge is 0.253 e. The maximum Gasteiger partial charge on any atom is 0.253 e. The van der Waals surface area contributed by atoms with E-state index in [0.29, 0.717) is 18.7 Å². The molecule has 1 aromatic heterocycles. The number of para-hydroxylation sites is 1. The van der Waals surface area contributed by atoms with Crippen LogP contribution in [0.15, 0.2) is 53.4 Å². The van der Waals surface area contributed by atoms with Gasteiger partial charge in [0.25, 0.3) is 5.91 Å². The average Bonchev–Trinajstić information content (AvgIpc) is 3.22. The molecule has 1 aliphatic rings. The molecule has 9 heteroatoms. The third-order valence-corrected chi connectivity index (χ3v) is 8.73. The van der Waals surface area contributed by atoms with Crippen LogP contribution in [-0.2, 0) is 10.0 Å². The largest absolute Gasteiger partial charge is 0.336 e. The Morgan fingerprint density at radius 3 is 2.29 bits per heavy atom. The molecular weight excluding hydrogens is 432 g/mol. The van der Waals surface area contributed by atoms with Crippen molar-refractivity contribution in [3.8, 4) is 0 Å². The standard InChI is InChI=1S/C22H26N4O3S2/c1-16(21-23-19-6-4-5-7-20(19)30-21)25-12-14-26(15-13-25)22(27)17-8-10-18(11-9-17)31(28,29)24(2)3/h4-11,16H,12-15H2,1-3H3. The van der Waals surface area contributed by atoms with E-state index in [1.807, 2.05) is 23.1 Å². The van der Waals surface area contributed by atoms with Gasteiger partial charge in [0.1, 0.15) is 5.01 Å². The maximum absolute atomic E-state index is 12.9. The molecule has 1 amide bonds. The number of aromatic nitrogens is 1. The van der Waals surface area contributed by atoms with E-state index in [2.05, 4.69) is 17.9 Å². The lowest BCUT2D eigenvalue weighted by atomic mass is 10.1. The third-order valence-electron chi connectivity index (χ3n) is 5.70. The van der Waals surface area contributed by atoms with Gasteiger partial charge in [0.15, 0.2) is 0 Å². The molecule has 0 radical (unpaired) electrons. The first-order valence-corrected chi connectivity index (χ1v) is 12.4. The van der Waals surface area contributed by atoms with E-state index in [1.54, 1.807) is 23.5 Å². The van der Waals surface area contributed by atoms with E-state index >= 15 is 0 Å². The van der Waals surface area contributed by atoms with Gasteiger partial charge >= 0.3 is 0 Å². The Balaban J connectivity index is 1.39. The first-order valence-electron chi connectivity index (χ1n) is 10.2. The topological polar surface area (TPSA) is 73.8 Å². The number of sulfonamides is 1. The highest BCUT2D eigenvalue weighted by molar-refractivity contribution is 7.89. The second-order valence-corrected chi connectivity index (χ2v) is 11.0. The van der Waals surface area contributed by atoms with Crippen molar-refractivity contribution in [3.63, 3.8) is 0 Å². The SMILES string of the molecule is CC(c1nc2ccccc2s1)N1CCN(C(=O)c2ccc(S(=O)(=O)N(C)C)cc2)CC1. The zero-order valence-corrected chi connectivity index (χ0v) is 19.5. The third kappa shape index (κ3) is 4.36. The molecule has 1 atom stereocenters. The minimum Gasteiger partial charge on any atom is -0.336 e. The summed E-state index contributed by atoms with van der Waals surface area (Å²) < 4.78 is 26.8. The summed E-state index contributed by atoms with van der Waals surface area (Å²) in [6, 6.07) is 14.5. The second kappa shape index (κ2) is 8.66. The van der Waals surface area contributed by atoms with Crippen LogP contribution in [0.3, 0.4) is 0 Å². The van der Waals surface area contributed by atoms with Crippen LogP contribution in [0.5, 0.6) is 0 Å². The molecule has 2 aromatic carbocycles. The maximum atomic E-state index is 12.9. The molecule has 1 saturated heterocycles. The molecule has 7 nitrogen and oxygen atoms in total. The van der Waals surface area contributed by atoms with Crippen molar-refractivity contribution in [2.75, 3.05) is 40.3 Å². The molecule has 0 aliphatic carbocycles. The van der Waals surface area contributed by atoms with E-state index in [0.717, 1.165) is 27.9 Å². The fraction of sp³-hybridized carbons (Fsp3) is 0.364. The predicted molar refractivity (Wildman–Crippen MR) is 123 cm³/mol. The van der Waals surface area contributed by atoms with Crippen molar-refractivity contribution in [2.24, 2.45) is 0 Å². The van der Waals surface area contributed by atoms with Crippen molar-refractivity contribution in [1.82, 2.24) is 19.1 Å². The van der Waals surface area contributed by atoms with Crippen LogP contribution in [0.2, 0.25) is 0 Å². The number of fused-ring (bicyclic) bond motifs is 1. The first-order chi connectivity index (χ1) is 14.8. The number of hydrogen-bond acceptors (Lipinski definition) is 6. The first kappa shape index (κ1) is 21.9. The summed E-state index contributed by atoms with van der Waals surface area (Å²) in [6.45, 7) is 4.97. The number of amides is 1. The van der Waals surface area contributed by atoms with Gasteiger partial charge in [-0.2, -0.15) is 0 Å². The number of thiazole rings is 1. The highest BCUT2D eigenvalue weighted by Crippen LogP contribution is 2.30. The summed E-state index contributed by atoms with van der Waals surface area (Å²) in [4.78, 5) is 22.0. The lowest BCUT2D eigenvalue weighted by Crippen LogP contribution is -2.49. The van der Waals surface area contributed by atoms with E-state index in [-0.39, 0.29) is 16.8 Å². The van der Waals surface area contributed by atoms with Crippen LogP contribution in [-0.4, -0.2) is 73.7 Å². The Bertz CT molecular complexity index is 1150. The lowest BCUT2D eigenvalue weighted by Gasteiger charge is -2.37. The summed E-state index contributed by atoms with van der Waals surface area (Å²) in [5, 5.41) is 1.10. The van der Waals surface area contributed by atoms with Gasteiger partial charge in [-0.1, -0.05) is 12.1 Å². The van der Waals surface area contributed by atoms with E-state index < -0.39 is 10.0 Å². The van der Waals surface area contributed by atoms with Crippen LogP contribution in [0, 0.1) is 0 Å². The second-order valence-electron chi connectivity index (χ2n) is 7.84. The van der Waals surface area contributed by atoms with Crippen LogP contribution < -0.4 is 0 Å². The van der Waals surface area contributed by atoms with Gasteiger partial charge in [0.05, 0.1) is 21.2 Å². The van der Waals surface area contributed by atoms with E-state index in [1.165, 1.54) is 30.9 Å². The molecule has 1 unspecified atom stereocenters. The summed E-state index contributed by atoms with van der Waals surface area (Å²) in [7, 11) is -0.522. The molecular formula is C22H26N4O3S2. The van der Waals surface area contributed by atoms with Gasteiger partial charge in [-0.05, 0) is 43.3 Å². The number of carbonyl (C=O) groups excluding carboxylic acids is 1. The van der Waals surface area contributed by atoms with Gasteiger partial charge in [-0.25, -0.2) is 17.7 Å². The molecule has 4 rings (SSSR count). The molecule has 31 heavy (non-hydrogen) atoms. The molecule has 164 valence electrons. The van der Waals surface area contributed by atoms with Crippen LogP contribution in [0.4, 0.5) is 0 Å². The van der Waals surface area contributed by atoms with Crippen LogP contribution >= 0.6 is 11.3 Å². The average molecular weight is 459 g/mol. The number of piperazine rings is 1. The number of carbonyl (C=O) groups is 1. The number of benzene rings is 2. The summed E-state index contributed by atoms with van der Waals surface area (Å²) in [5.74, 6) is -0.0684. The van der Waals surface area contributed by atoms with Crippen molar-refractivity contribution < 1.29 is 13.2 Å². The van der Waals surface area contributed by atoms with Gasteiger partial charge in [-0.15, -0.1) is 11.3 Å². The van der Waals surface area contributed by atoms with E-state index in [9.17, 15) is 13.2 Å². The molecule has 0 saturated carbocycles. The molecule has 3 aromatic rings. The van der Waals surface area contributed by atoms with Crippen molar-refractivity contribution in [3.05, 3.63) is 59.1 Å². The van der Waals surface area contributed by atoms with Crippen molar-refractivity contribution >= 4 is 37.5 Å². The molecule has 1 aliphatic heterocycles. The predicted octanol–water partition coefficient (Wildman–Crippen LogP) is 3.07. The molecule has 1 fully saturated rings. The van der Waals surface area contributed by atoms with Crippen molar-refractivity contribution in [2.45, 2.75) is 17.9 Å². The minimum absolute atomic E-state index is 0.0684. The molecule has 2 heterocycles. The summed E-state index contributed by atoms with van der Waals surface area (Å²) >= 11 is 1.72. The molecule has 0 N–H and O–H groups in total. The van der Waals surface area contributed by atoms with Gasteiger partial charge in [0, 0.05) is 45.8 Å². The van der Waals surface area contributed by atoms with Gasteiger partial charge in [-0.3, -0.25) is 9.69 Å². The Labute approximate surface area is 187 Å². The molecule has 0 spiro atoms.